The van der Waals surface area contributed by atoms with Gasteiger partial charge in [-0.3, -0.25) is 4.79 Å². The molecule has 92 valence electrons. The van der Waals surface area contributed by atoms with Crippen LogP contribution in [-0.2, 0) is 9.53 Å². The summed E-state index contributed by atoms with van der Waals surface area (Å²) in [6.45, 7) is 3.51. The number of carbonyl (C=O) groups excluding carboxylic acids is 1. The van der Waals surface area contributed by atoms with Crippen molar-refractivity contribution in [2.45, 2.75) is 32.1 Å². The highest BCUT2D eigenvalue weighted by molar-refractivity contribution is 5.88. The molecule has 17 heavy (non-hydrogen) atoms. The predicted octanol–water partition coefficient (Wildman–Crippen LogP) is 3.18. The van der Waals surface area contributed by atoms with Gasteiger partial charge in [0.1, 0.15) is 5.78 Å². The second-order valence-electron chi connectivity index (χ2n) is 4.69. The van der Waals surface area contributed by atoms with Gasteiger partial charge in [0.2, 0.25) is 0 Å². The van der Waals surface area contributed by atoms with E-state index >= 15 is 0 Å². The van der Waals surface area contributed by atoms with E-state index in [0.29, 0.717) is 12.4 Å². The molecule has 0 N–H and O–H groups in total. The molecule has 0 bridgehead atoms. The maximum Gasteiger partial charge on any atom is 0.145 e. The lowest BCUT2D eigenvalue weighted by Crippen LogP contribution is -2.29. The third-order valence-corrected chi connectivity index (χ3v) is 3.52. The summed E-state index contributed by atoms with van der Waals surface area (Å²) in [6.07, 6.45) is 2.88. The monoisotopic (exact) mass is 232 g/mol. The molecule has 0 saturated carbocycles. The Balaban J connectivity index is 2.10. The van der Waals surface area contributed by atoms with E-state index in [4.69, 9.17) is 4.74 Å². The molecule has 1 aromatic carbocycles. The standard InChI is InChI=1S/C15H20O2/c1-2-14(12-7-4-3-5-8-12)15(16)13-9-6-10-17-11-13/h3-5,7-8,13-14H,2,6,9-11H2,1H3. The summed E-state index contributed by atoms with van der Waals surface area (Å²) in [7, 11) is 0. The van der Waals surface area contributed by atoms with Crippen LogP contribution in [0.3, 0.4) is 0 Å². The fourth-order valence-corrected chi connectivity index (χ4v) is 2.54. The molecule has 1 heterocycles. The second-order valence-corrected chi connectivity index (χ2v) is 4.69. The number of rotatable bonds is 4. The molecule has 0 radical (unpaired) electrons. The van der Waals surface area contributed by atoms with Crippen LogP contribution in [-0.4, -0.2) is 19.0 Å². The normalized spacial score (nSPS) is 22.1. The Bertz CT molecular complexity index is 352. The van der Waals surface area contributed by atoms with Crippen molar-refractivity contribution >= 4 is 5.78 Å². The summed E-state index contributed by atoms with van der Waals surface area (Å²) in [6, 6.07) is 10.1. The number of carbonyl (C=O) groups is 1. The smallest absolute Gasteiger partial charge is 0.145 e. The van der Waals surface area contributed by atoms with Crippen molar-refractivity contribution in [3.8, 4) is 0 Å². The van der Waals surface area contributed by atoms with Gasteiger partial charge in [-0.05, 0) is 24.8 Å². The Morgan fingerprint density at radius 1 is 1.41 bits per heavy atom. The summed E-state index contributed by atoms with van der Waals surface area (Å²) in [5.41, 5.74) is 1.14. The minimum atomic E-state index is 0.0444. The number of hydrogen-bond donors (Lipinski definition) is 0. The first kappa shape index (κ1) is 12.3. The fourth-order valence-electron chi connectivity index (χ4n) is 2.54. The highest BCUT2D eigenvalue weighted by atomic mass is 16.5. The molecule has 0 spiro atoms. The van der Waals surface area contributed by atoms with E-state index in [1.165, 1.54) is 0 Å². The maximum atomic E-state index is 12.4. The second kappa shape index (κ2) is 5.97. The molecule has 1 aliphatic rings. The molecular weight excluding hydrogens is 212 g/mol. The van der Waals surface area contributed by atoms with Crippen molar-refractivity contribution in [3.05, 3.63) is 35.9 Å². The van der Waals surface area contributed by atoms with Crippen LogP contribution in [0.5, 0.6) is 0 Å². The zero-order valence-electron chi connectivity index (χ0n) is 10.4. The average molecular weight is 232 g/mol. The van der Waals surface area contributed by atoms with Crippen molar-refractivity contribution in [3.63, 3.8) is 0 Å². The first-order valence-corrected chi connectivity index (χ1v) is 6.49. The minimum Gasteiger partial charge on any atom is -0.381 e. The average Bonchev–Trinajstić information content (AvgIpc) is 2.42. The van der Waals surface area contributed by atoms with E-state index in [2.05, 4.69) is 19.1 Å². The lowest BCUT2D eigenvalue weighted by molar-refractivity contribution is -0.128. The SMILES string of the molecule is CCC(C(=O)C1CCCOC1)c1ccccc1. The summed E-state index contributed by atoms with van der Waals surface area (Å²) in [4.78, 5) is 12.4. The summed E-state index contributed by atoms with van der Waals surface area (Å²) < 4.78 is 5.41. The van der Waals surface area contributed by atoms with Crippen LogP contribution in [0.4, 0.5) is 0 Å². The Morgan fingerprint density at radius 2 is 2.18 bits per heavy atom. The van der Waals surface area contributed by atoms with Crippen LogP contribution in [0.25, 0.3) is 0 Å². The van der Waals surface area contributed by atoms with Crippen molar-refractivity contribution in [1.29, 1.82) is 0 Å². The number of ether oxygens (including phenoxy) is 1. The quantitative estimate of drug-likeness (QED) is 0.797. The Labute approximate surface area is 103 Å². The molecule has 1 fully saturated rings. The molecule has 1 saturated heterocycles. The third kappa shape index (κ3) is 2.95. The molecule has 2 unspecified atom stereocenters. The van der Waals surface area contributed by atoms with Gasteiger partial charge >= 0.3 is 0 Å². The molecule has 0 amide bonds. The van der Waals surface area contributed by atoms with Crippen LogP contribution >= 0.6 is 0 Å². The molecule has 2 nitrogen and oxygen atoms in total. The first-order chi connectivity index (χ1) is 8.33. The van der Waals surface area contributed by atoms with E-state index in [9.17, 15) is 4.79 Å². The summed E-state index contributed by atoms with van der Waals surface area (Å²) in [5.74, 6) is 0.509. The van der Waals surface area contributed by atoms with Gasteiger partial charge in [-0.1, -0.05) is 37.3 Å². The zero-order chi connectivity index (χ0) is 12.1. The third-order valence-electron chi connectivity index (χ3n) is 3.52. The molecule has 0 aromatic heterocycles. The Morgan fingerprint density at radius 3 is 2.76 bits per heavy atom. The molecule has 2 atom stereocenters. The van der Waals surface area contributed by atoms with Gasteiger partial charge in [-0.2, -0.15) is 0 Å². The van der Waals surface area contributed by atoms with E-state index in [1.54, 1.807) is 0 Å². The topological polar surface area (TPSA) is 26.3 Å². The highest BCUT2D eigenvalue weighted by Crippen LogP contribution is 2.27. The maximum absolute atomic E-state index is 12.4. The van der Waals surface area contributed by atoms with Gasteiger partial charge in [-0.25, -0.2) is 0 Å². The first-order valence-electron chi connectivity index (χ1n) is 6.49. The number of benzene rings is 1. The van der Waals surface area contributed by atoms with Crippen LogP contribution in [0.2, 0.25) is 0 Å². The summed E-state index contributed by atoms with van der Waals surface area (Å²) >= 11 is 0. The van der Waals surface area contributed by atoms with Crippen LogP contribution in [0.15, 0.2) is 30.3 Å². The Kier molecular flexibility index (Phi) is 4.32. The van der Waals surface area contributed by atoms with Crippen molar-refractivity contribution in [2.24, 2.45) is 5.92 Å². The molecule has 1 aliphatic heterocycles. The number of hydrogen-bond acceptors (Lipinski definition) is 2. The van der Waals surface area contributed by atoms with E-state index < -0.39 is 0 Å². The number of ketones is 1. The lowest BCUT2D eigenvalue weighted by Gasteiger charge is -2.25. The van der Waals surface area contributed by atoms with Gasteiger partial charge in [0.25, 0.3) is 0 Å². The highest BCUT2D eigenvalue weighted by Gasteiger charge is 2.28. The van der Waals surface area contributed by atoms with Gasteiger partial charge in [0.15, 0.2) is 0 Å². The van der Waals surface area contributed by atoms with Gasteiger partial charge in [0, 0.05) is 18.4 Å². The Hall–Kier alpha value is -1.15. The van der Waals surface area contributed by atoms with Crippen molar-refractivity contribution in [2.75, 3.05) is 13.2 Å². The van der Waals surface area contributed by atoms with E-state index in [1.807, 2.05) is 18.2 Å². The van der Waals surface area contributed by atoms with E-state index in [0.717, 1.165) is 31.4 Å². The molecule has 2 heteroatoms. The fraction of sp³-hybridized carbons (Fsp3) is 0.533. The van der Waals surface area contributed by atoms with Crippen molar-refractivity contribution in [1.82, 2.24) is 0 Å². The van der Waals surface area contributed by atoms with Gasteiger partial charge in [-0.15, -0.1) is 0 Å². The van der Waals surface area contributed by atoms with Gasteiger partial charge in [0.05, 0.1) is 6.61 Å². The van der Waals surface area contributed by atoms with Crippen LogP contribution in [0, 0.1) is 5.92 Å². The molecule has 0 aliphatic carbocycles. The lowest BCUT2D eigenvalue weighted by atomic mass is 9.83. The number of Topliss-reactive ketones (excluding diaryl/α,β-unsaturated/α-hetero) is 1. The summed E-state index contributed by atoms with van der Waals surface area (Å²) in [5, 5.41) is 0. The largest absolute Gasteiger partial charge is 0.381 e. The van der Waals surface area contributed by atoms with Crippen LogP contribution < -0.4 is 0 Å². The van der Waals surface area contributed by atoms with Crippen LogP contribution in [0.1, 0.15) is 37.7 Å². The molecular formula is C15H20O2. The zero-order valence-corrected chi connectivity index (χ0v) is 10.4. The van der Waals surface area contributed by atoms with E-state index in [-0.39, 0.29) is 11.8 Å². The minimum absolute atomic E-state index is 0.0444. The predicted molar refractivity (Wildman–Crippen MR) is 68.0 cm³/mol. The molecule has 2 rings (SSSR count). The van der Waals surface area contributed by atoms with Crippen molar-refractivity contribution < 1.29 is 9.53 Å². The molecule has 1 aromatic rings. The van der Waals surface area contributed by atoms with Gasteiger partial charge < -0.3 is 4.74 Å².